The van der Waals surface area contributed by atoms with Crippen molar-refractivity contribution in [2.75, 3.05) is 13.1 Å². The van der Waals surface area contributed by atoms with Gasteiger partial charge in [-0.2, -0.15) is 9.40 Å². The Hall–Kier alpha value is -0.920. The number of likely N-dealkylation sites (N-methyl/N-ethyl adjacent to an activating group) is 1. The number of hydrogen-bond acceptors (Lipinski definition) is 4. The van der Waals surface area contributed by atoms with Crippen molar-refractivity contribution >= 4 is 10.0 Å². The number of hydrogen-bond donors (Lipinski definition) is 2. The first-order valence-electron chi connectivity index (χ1n) is 7.23. The molecule has 0 radical (unpaired) electrons. The lowest BCUT2D eigenvalue weighted by atomic mass is 9.99. The third-order valence-corrected chi connectivity index (χ3v) is 6.01. The van der Waals surface area contributed by atoms with Crippen LogP contribution < -0.4 is 5.32 Å². The number of aromatic amines is 1. The summed E-state index contributed by atoms with van der Waals surface area (Å²) in [4.78, 5) is 0.299. The van der Waals surface area contributed by atoms with Crippen molar-refractivity contribution in [3.05, 3.63) is 11.9 Å². The first kappa shape index (κ1) is 15.5. The number of rotatable bonds is 5. The predicted octanol–water partition coefficient (Wildman–Crippen LogP) is 1.26. The van der Waals surface area contributed by atoms with Gasteiger partial charge in [-0.25, -0.2) is 8.42 Å². The second-order valence-electron chi connectivity index (χ2n) is 5.38. The van der Waals surface area contributed by atoms with Gasteiger partial charge in [0.05, 0.1) is 11.9 Å². The molecule has 0 aromatic carbocycles. The molecular weight excluding hydrogens is 276 g/mol. The van der Waals surface area contributed by atoms with E-state index in [2.05, 4.69) is 22.4 Å². The van der Waals surface area contributed by atoms with Gasteiger partial charge in [0.15, 0.2) is 0 Å². The lowest BCUT2D eigenvalue weighted by Gasteiger charge is -2.38. The summed E-state index contributed by atoms with van der Waals surface area (Å²) >= 11 is 0. The van der Waals surface area contributed by atoms with E-state index in [-0.39, 0.29) is 12.1 Å². The number of nitrogens with one attached hydrogen (secondary N) is 2. The number of sulfonamides is 1. The minimum atomic E-state index is -3.46. The Kier molecular flexibility index (Phi) is 4.82. The van der Waals surface area contributed by atoms with Gasteiger partial charge < -0.3 is 5.32 Å². The van der Waals surface area contributed by atoms with E-state index in [1.807, 2.05) is 6.92 Å². The SMILES string of the molecule is CCNC(C)C1CCCCN1S(=O)(=O)c1cn[nH]c1C. The molecule has 2 atom stereocenters. The van der Waals surface area contributed by atoms with Gasteiger partial charge in [-0.15, -0.1) is 0 Å². The maximum absolute atomic E-state index is 12.8. The van der Waals surface area contributed by atoms with Crippen molar-refractivity contribution in [3.63, 3.8) is 0 Å². The lowest BCUT2D eigenvalue weighted by Crippen LogP contribution is -2.53. The molecule has 0 bridgehead atoms. The Morgan fingerprint density at radius 1 is 1.55 bits per heavy atom. The highest BCUT2D eigenvalue weighted by molar-refractivity contribution is 7.89. The standard InChI is InChI=1S/C13H24N4O2S/c1-4-14-10(2)12-7-5-6-8-17(12)20(18,19)13-9-15-16-11(13)3/h9-10,12,14H,4-8H2,1-3H3,(H,15,16). The van der Waals surface area contributed by atoms with Gasteiger partial charge in [-0.3, -0.25) is 5.10 Å². The van der Waals surface area contributed by atoms with Crippen molar-refractivity contribution in [3.8, 4) is 0 Å². The minimum absolute atomic E-state index is 0.0167. The highest BCUT2D eigenvalue weighted by atomic mass is 32.2. The molecule has 6 nitrogen and oxygen atoms in total. The van der Waals surface area contributed by atoms with E-state index in [4.69, 9.17) is 0 Å². The molecule has 1 aliphatic rings. The van der Waals surface area contributed by atoms with E-state index in [0.29, 0.717) is 17.1 Å². The molecule has 1 saturated heterocycles. The molecule has 1 fully saturated rings. The summed E-state index contributed by atoms with van der Waals surface area (Å²) in [5.41, 5.74) is 0.602. The molecule has 2 unspecified atom stereocenters. The topological polar surface area (TPSA) is 78.1 Å². The van der Waals surface area contributed by atoms with E-state index in [1.165, 1.54) is 6.20 Å². The van der Waals surface area contributed by atoms with E-state index in [1.54, 1.807) is 11.2 Å². The number of H-pyrrole nitrogens is 1. The minimum Gasteiger partial charge on any atom is -0.313 e. The molecule has 0 amide bonds. The average molecular weight is 300 g/mol. The van der Waals surface area contributed by atoms with Crippen LogP contribution in [0.25, 0.3) is 0 Å². The Labute approximate surface area is 121 Å². The summed E-state index contributed by atoms with van der Waals surface area (Å²) in [5, 5.41) is 9.90. The van der Waals surface area contributed by atoms with Crippen LogP contribution in [0.1, 0.15) is 38.8 Å². The molecule has 2 N–H and O–H groups in total. The zero-order valence-corrected chi connectivity index (χ0v) is 13.2. The molecule has 0 saturated carbocycles. The first-order valence-corrected chi connectivity index (χ1v) is 8.67. The van der Waals surface area contributed by atoms with Gasteiger partial charge in [-0.05, 0) is 33.2 Å². The van der Waals surface area contributed by atoms with E-state index in [0.717, 1.165) is 25.8 Å². The van der Waals surface area contributed by atoms with Gasteiger partial charge in [0.25, 0.3) is 0 Å². The maximum atomic E-state index is 12.8. The van der Waals surface area contributed by atoms with E-state index in [9.17, 15) is 8.42 Å². The molecule has 1 aromatic heterocycles. The zero-order chi connectivity index (χ0) is 14.8. The van der Waals surface area contributed by atoms with Gasteiger partial charge in [0.1, 0.15) is 4.90 Å². The Morgan fingerprint density at radius 2 is 2.30 bits per heavy atom. The quantitative estimate of drug-likeness (QED) is 0.858. The van der Waals surface area contributed by atoms with Gasteiger partial charge >= 0.3 is 0 Å². The summed E-state index contributed by atoms with van der Waals surface area (Å²) in [6.45, 7) is 7.28. The van der Waals surface area contributed by atoms with E-state index >= 15 is 0 Å². The van der Waals surface area contributed by atoms with Crippen molar-refractivity contribution in [1.29, 1.82) is 0 Å². The zero-order valence-electron chi connectivity index (χ0n) is 12.4. The van der Waals surface area contributed by atoms with Crippen LogP contribution in [0, 0.1) is 6.92 Å². The predicted molar refractivity (Wildman–Crippen MR) is 78.0 cm³/mol. The Morgan fingerprint density at radius 3 is 2.90 bits per heavy atom. The van der Waals surface area contributed by atoms with Crippen molar-refractivity contribution in [1.82, 2.24) is 19.8 Å². The smallest absolute Gasteiger partial charge is 0.246 e. The monoisotopic (exact) mass is 300 g/mol. The molecule has 2 rings (SSSR count). The van der Waals surface area contributed by atoms with Crippen LogP contribution in [-0.2, 0) is 10.0 Å². The van der Waals surface area contributed by atoms with Crippen LogP contribution in [-0.4, -0.2) is 48.1 Å². The summed E-state index contributed by atoms with van der Waals surface area (Å²) < 4.78 is 27.3. The van der Waals surface area contributed by atoms with Crippen molar-refractivity contribution < 1.29 is 8.42 Å². The normalized spacial score (nSPS) is 22.9. The molecular formula is C13H24N4O2S. The summed E-state index contributed by atoms with van der Waals surface area (Å²) in [6.07, 6.45) is 4.32. The van der Waals surface area contributed by atoms with Gasteiger partial charge in [0, 0.05) is 18.6 Å². The Balaban J connectivity index is 2.30. The van der Waals surface area contributed by atoms with Crippen LogP contribution in [0.2, 0.25) is 0 Å². The van der Waals surface area contributed by atoms with Gasteiger partial charge in [-0.1, -0.05) is 13.3 Å². The van der Waals surface area contributed by atoms with Crippen LogP contribution in [0.4, 0.5) is 0 Å². The Bertz CT molecular complexity index is 540. The maximum Gasteiger partial charge on any atom is 0.246 e. The highest BCUT2D eigenvalue weighted by Crippen LogP contribution is 2.27. The third-order valence-electron chi connectivity index (χ3n) is 3.97. The van der Waals surface area contributed by atoms with Crippen molar-refractivity contribution in [2.45, 2.75) is 57.0 Å². The number of nitrogens with zero attached hydrogens (tertiary/aromatic N) is 2. The number of aryl methyl sites for hydroxylation is 1. The fourth-order valence-corrected chi connectivity index (χ4v) is 4.80. The molecule has 114 valence electrons. The first-order chi connectivity index (χ1) is 9.48. The van der Waals surface area contributed by atoms with Crippen LogP contribution in [0.3, 0.4) is 0 Å². The largest absolute Gasteiger partial charge is 0.313 e. The lowest BCUT2D eigenvalue weighted by molar-refractivity contribution is 0.210. The summed E-state index contributed by atoms with van der Waals surface area (Å²) in [5.74, 6) is 0. The average Bonchev–Trinajstić information content (AvgIpc) is 2.86. The molecule has 2 heterocycles. The molecule has 1 aliphatic heterocycles. The second kappa shape index (κ2) is 6.24. The fraction of sp³-hybridized carbons (Fsp3) is 0.769. The van der Waals surface area contributed by atoms with E-state index < -0.39 is 10.0 Å². The molecule has 7 heteroatoms. The molecule has 0 aliphatic carbocycles. The van der Waals surface area contributed by atoms with Crippen molar-refractivity contribution in [2.24, 2.45) is 0 Å². The van der Waals surface area contributed by atoms with Gasteiger partial charge in [0.2, 0.25) is 10.0 Å². The molecule has 0 spiro atoms. The summed E-state index contributed by atoms with van der Waals surface area (Å²) in [6, 6.07) is 0.172. The second-order valence-corrected chi connectivity index (χ2v) is 7.24. The van der Waals surface area contributed by atoms with Crippen LogP contribution in [0.5, 0.6) is 0 Å². The fourth-order valence-electron chi connectivity index (χ4n) is 2.91. The number of piperidine rings is 1. The third kappa shape index (κ3) is 2.89. The molecule has 1 aromatic rings. The molecule has 20 heavy (non-hydrogen) atoms. The highest BCUT2D eigenvalue weighted by Gasteiger charge is 2.37. The van der Waals surface area contributed by atoms with Crippen LogP contribution >= 0.6 is 0 Å². The number of aromatic nitrogens is 2. The summed E-state index contributed by atoms with van der Waals surface area (Å²) in [7, 11) is -3.46. The van der Waals surface area contributed by atoms with Crippen LogP contribution in [0.15, 0.2) is 11.1 Å².